The maximum absolute atomic E-state index is 13.1. The number of benzene rings is 1. The van der Waals surface area contributed by atoms with Crippen LogP contribution >= 0.6 is 0 Å². The van der Waals surface area contributed by atoms with Gasteiger partial charge < -0.3 is 0 Å². The van der Waals surface area contributed by atoms with Crippen molar-refractivity contribution in [2.45, 2.75) is 32.2 Å². The number of aryl methyl sites for hydroxylation is 2. The predicted octanol–water partition coefficient (Wildman–Crippen LogP) is 2.54. The van der Waals surface area contributed by atoms with Crippen LogP contribution in [-0.4, -0.2) is 11.0 Å². The Labute approximate surface area is 119 Å². The Hall–Kier alpha value is -1.78. The van der Waals surface area contributed by atoms with Crippen LogP contribution in [0.2, 0.25) is 0 Å². The minimum absolute atomic E-state index is 0.166. The first kappa shape index (κ1) is 14.6. The van der Waals surface area contributed by atoms with Crippen molar-refractivity contribution in [2.24, 2.45) is 5.84 Å². The third-order valence-corrected chi connectivity index (χ3v) is 3.51. The molecule has 2 aromatic rings. The SMILES string of the molecule is Cc1cc(F)ccc1CC(CCc1cccnc1)NN. The third-order valence-electron chi connectivity index (χ3n) is 3.51. The minimum atomic E-state index is -0.195. The van der Waals surface area contributed by atoms with Gasteiger partial charge in [0.15, 0.2) is 0 Å². The summed E-state index contributed by atoms with van der Waals surface area (Å²) in [6, 6.07) is 9.05. The van der Waals surface area contributed by atoms with E-state index in [1.165, 1.54) is 11.6 Å². The zero-order valence-electron chi connectivity index (χ0n) is 11.6. The molecule has 0 aliphatic heterocycles. The van der Waals surface area contributed by atoms with Gasteiger partial charge in [-0.3, -0.25) is 16.3 Å². The molecule has 3 N–H and O–H groups in total. The van der Waals surface area contributed by atoms with Gasteiger partial charge in [-0.2, -0.15) is 0 Å². The van der Waals surface area contributed by atoms with Crippen LogP contribution in [0, 0.1) is 12.7 Å². The predicted molar refractivity (Wildman–Crippen MR) is 78.5 cm³/mol. The Kier molecular flexibility index (Phi) is 5.21. The molecule has 0 amide bonds. The largest absolute Gasteiger partial charge is 0.271 e. The van der Waals surface area contributed by atoms with Crippen LogP contribution in [0.1, 0.15) is 23.1 Å². The van der Waals surface area contributed by atoms with Crippen LogP contribution < -0.4 is 11.3 Å². The molecule has 0 saturated carbocycles. The molecule has 1 aromatic carbocycles. The zero-order chi connectivity index (χ0) is 14.4. The smallest absolute Gasteiger partial charge is 0.123 e. The lowest BCUT2D eigenvalue weighted by Gasteiger charge is -2.17. The van der Waals surface area contributed by atoms with Crippen molar-refractivity contribution in [3.63, 3.8) is 0 Å². The maximum Gasteiger partial charge on any atom is 0.123 e. The molecule has 1 heterocycles. The molecule has 1 unspecified atom stereocenters. The third kappa shape index (κ3) is 4.11. The Bertz CT molecular complexity index is 543. The lowest BCUT2D eigenvalue weighted by atomic mass is 9.97. The molecule has 106 valence electrons. The standard InChI is InChI=1S/C16H20FN3/c1-12-9-15(17)6-5-14(12)10-16(20-18)7-4-13-3-2-8-19-11-13/h2-3,5-6,8-9,11,16,20H,4,7,10,18H2,1H3. The molecule has 0 bridgehead atoms. The quantitative estimate of drug-likeness (QED) is 0.628. The number of nitrogens with zero attached hydrogens (tertiary/aromatic N) is 1. The number of nitrogens with one attached hydrogen (secondary N) is 1. The van der Waals surface area contributed by atoms with Crippen LogP contribution in [0.4, 0.5) is 4.39 Å². The monoisotopic (exact) mass is 273 g/mol. The highest BCUT2D eigenvalue weighted by atomic mass is 19.1. The highest BCUT2D eigenvalue weighted by molar-refractivity contribution is 5.27. The van der Waals surface area contributed by atoms with Gasteiger partial charge in [-0.25, -0.2) is 4.39 Å². The summed E-state index contributed by atoms with van der Waals surface area (Å²) in [7, 11) is 0. The fourth-order valence-corrected chi connectivity index (χ4v) is 2.29. The second kappa shape index (κ2) is 7.12. The van der Waals surface area contributed by atoms with Gasteiger partial charge in [0.25, 0.3) is 0 Å². The highest BCUT2D eigenvalue weighted by Gasteiger charge is 2.10. The molecule has 3 nitrogen and oxygen atoms in total. The van der Waals surface area contributed by atoms with Crippen LogP contribution in [0.5, 0.6) is 0 Å². The first-order valence-corrected chi connectivity index (χ1v) is 6.79. The summed E-state index contributed by atoms with van der Waals surface area (Å²) < 4.78 is 13.1. The Morgan fingerprint density at radius 2 is 2.20 bits per heavy atom. The number of rotatable bonds is 6. The summed E-state index contributed by atoms with van der Waals surface area (Å²) in [4.78, 5) is 4.10. The Balaban J connectivity index is 1.95. The van der Waals surface area contributed by atoms with E-state index in [0.29, 0.717) is 0 Å². The lowest BCUT2D eigenvalue weighted by molar-refractivity contribution is 0.490. The molecule has 1 aromatic heterocycles. The van der Waals surface area contributed by atoms with Gasteiger partial charge in [-0.05, 0) is 61.1 Å². The van der Waals surface area contributed by atoms with Crippen LogP contribution in [-0.2, 0) is 12.8 Å². The van der Waals surface area contributed by atoms with E-state index in [1.807, 2.05) is 25.3 Å². The van der Waals surface area contributed by atoms with E-state index in [4.69, 9.17) is 5.84 Å². The molecule has 1 atom stereocenters. The zero-order valence-corrected chi connectivity index (χ0v) is 11.6. The molecule has 0 saturated heterocycles. The summed E-state index contributed by atoms with van der Waals surface area (Å²) in [5.41, 5.74) is 6.14. The summed E-state index contributed by atoms with van der Waals surface area (Å²) in [5.74, 6) is 5.43. The van der Waals surface area contributed by atoms with Crippen molar-refractivity contribution in [1.29, 1.82) is 0 Å². The Morgan fingerprint density at radius 3 is 2.85 bits per heavy atom. The van der Waals surface area contributed by atoms with Gasteiger partial charge in [-0.15, -0.1) is 0 Å². The topological polar surface area (TPSA) is 50.9 Å². The van der Waals surface area contributed by atoms with E-state index in [2.05, 4.69) is 16.5 Å². The van der Waals surface area contributed by atoms with E-state index in [9.17, 15) is 4.39 Å². The number of hydrazine groups is 1. The number of hydrogen-bond donors (Lipinski definition) is 2. The van der Waals surface area contributed by atoms with E-state index in [0.717, 1.165) is 30.4 Å². The van der Waals surface area contributed by atoms with Crippen molar-refractivity contribution in [2.75, 3.05) is 0 Å². The van der Waals surface area contributed by atoms with E-state index >= 15 is 0 Å². The lowest BCUT2D eigenvalue weighted by Crippen LogP contribution is -2.37. The average molecular weight is 273 g/mol. The Morgan fingerprint density at radius 1 is 1.35 bits per heavy atom. The minimum Gasteiger partial charge on any atom is -0.271 e. The summed E-state index contributed by atoms with van der Waals surface area (Å²) >= 11 is 0. The number of aromatic nitrogens is 1. The van der Waals surface area contributed by atoms with Crippen molar-refractivity contribution in [3.05, 3.63) is 65.2 Å². The molecule has 0 fully saturated rings. The summed E-state index contributed by atoms with van der Waals surface area (Å²) in [6.07, 6.45) is 6.27. The number of pyridine rings is 1. The molecule has 0 radical (unpaired) electrons. The van der Waals surface area contributed by atoms with Crippen molar-refractivity contribution in [3.8, 4) is 0 Å². The fraction of sp³-hybridized carbons (Fsp3) is 0.312. The van der Waals surface area contributed by atoms with Crippen LogP contribution in [0.25, 0.3) is 0 Å². The number of nitrogens with two attached hydrogens (primary N) is 1. The van der Waals surface area contributed by atoms with Gasteiger partial charge in [-0.1, -0.05) is 12.1 Å². The van der Waals surface area contributed by atoms with Gasteiger partial charge >= 0.3 is 0 Å². The van der Waals surface area contributed by atoms with Gasteiger partial charge in [0.05, 0.1) is 0 Å². The highest BCUT2D eigenvalue weighted by Crippen LogP contribution is 2.14. The average Bonchev–Trinajstić information content (AvgIpc) is 2.46. The van der Waals surface area contributed by atoms with Crippen LogP contribution in [0.15, 0.2) is 42.7 Å². The van der Waals surface area contributed by atoms with Gasteiger partial charge in [0.1, 0.15) is 5.82 Å². The van der Waals surface area contributed by atoms with Gasteiger partial charge in [0.2, 0.25) is 0 Å². The summed E-state index contributed by atoms with van der Waals surface area (Å²) in [6.45, 7) is 1.92. The van der Waals surface area contributed by atoms with E-state index in [1.54, 1.807) is 12.3 Å². The van der Waals surface area contributed by atoms with Gasteiger partial charge in [0, 0.05) is 18.4 Å². The fourth-order valence-electron chi connectivity index (χ4n) is 2.29. The molecule has 20 heavy (non-hydrogen) atoms. The number of hydrogen-bond acceptors (Lipinski definition) is 3. The van der Waals surface area contributed by atoms with E-state index in [-0.39, 0.29) is 11.9 Å². The maximum atomic E-state index is 13.1. The van der Waals surface area contributed by atoms with E-state index < -0.39 is 0 Å². The first-order chi connectivity index (χ1) is 9.69. The second-order valence-electron chi connectivity index (χ2n) is 5.04. The van der Waals surface area contributed by atoms with Crippen LogP contribution in [0.3, 0.4) is 0 Å². The molecule has 0 aliphatic carbocycles. The molecule has 4 heteroatoms. The first-order valence-electron chi connectivity index (χ1n) is 6.79. The normalized spacial score (nSPS) is 12.3. The van der Waals surface area contributed by atoms with Crippen molar-refractivity contribution >= 4 is 0 Å². The van der Waals surface area contributed by atoms with Crippen molar-refractivity contribution in [1.82, 2.24) is 10.4 Å². The second-order valence-corrected chi connectivity index (χ2v) is 5.04. The van der Waals surface area contributed by atoms with Crippen molar-refractivity contribution < 1.29 is 4.39 Å². The molecule has 0 spiro atoms. The number of halogens is 1. The summed E-state index contributed by atoms with van der Waals surface area (Å²) in [5, 5.41) is 0. The molecular formula is C16H20FN3. The molecule has 0 aliphatic rings. The molecular weight excluding hydrogens is 253 g/mol. The molecule has 2 rings (SSSR count).